The van der Waals surface area contributed by atoms with Crippen LogP contribution in [0.5, 0.6) is 0 Å². The Morgan fingerprint density at radius 1 is 0.436 bits per heavy atom. The lowest BCUT2D eigenvalue weighted by molar-refractivity contribution is 0.666. The van der Waals surface area contributed by atoms with Gasteiger partial charge in [0.05, 0.1) is 16.7 Å². The Hall–Kier alpha value is -6.53. The Labute approximate surface area is 323 Å². The molecule has 10 heteroatoms. The zero-order valence-corrected chi connectivity index (χ0v) is 31.5. The molecule has 0 fully saturated rings. The summed E-state index contributed by atoms with van der Waals surface area (Å²) in [5, 5.41) is 4.52. The van der Waals surface area contributed by atoms with Crippen LogP contribution in [-0.4, -0.2) is 58.8 Å². The summed E-state index contributed by atoms with van der Waals surface area (Å²) in [5.41, 5.74) is 17.1. The van der Waals surface area contributed by atoms with Gasteiger partial charge in [0, 0.05) is 38.2 Å². The summed E-state index contributed by atoms with van der Waals surface area (Å²) in [6.45, 7) is 0. The van der Waals surface area contributed by atoms with Crippen LogP contribution in [0.25, 0.3) is 94.7 Å². The molecule has 254 valence electrons. The van der Waals surface area contributed by atoms with E-state index in [1.54, 1.807) is 0 Å². The number of hydrogen-bond acceptors (Lipinski definition) is 4. The van der Waals surface area contributed by atoms with Crippen molar-refractivity contribution < 1.29 is 4.42 Å². The minimum Gasteiger partial charge on any atom is -0.454 e. The predicted octanol–water partition coefficient (Wildman–Crippen LogP) is 2.83. The van der Waals surface area contributed by atoms with Crippen LogP contribution in [0.15, 0.2) is 144 Å². The van der Waals surface area contributed by atoms with Crippen LogP contribution in [0.4, 0.5) is 0 Å². The van der Waals surface area contributed by atoms with Gasteiger partial charge in [-0.25, -0.2) is 15.0 Å². The van der Waals surface area contributed by atoms with E-state index in [0.29, 0.717) is 17.5 Å². The van der Waals surface area contributed by atoms with Gasteiger partial charge in [-0.15, -0.1) is 16.4 Å². The minimum absolute atomic E-state index is 0.613. The fourth-order valence-corrected chi connectivity index (χ4v) is 8.43. The van der Waals surface area contributed by atoms with Crippen molar-refractivity contribution in [2.45, 2.75) is 0 Å². The SMILES string of the molecule is Bc1c(B)c(B)c(-c2cccc3c2c2ccccc2n3-c2cccc3c2oc2ccc(-c4nc(-c5ccccc5)nc(-c5ccccc5)n4)cc23)c(B)c1B. The molecule has 55 heavy (non-hydrogen) atoms. The van der Waals surface area contributed by atoms with Gasteiger partial charge in [0.15, 0.2) is 23.1 Å². The second-order valence-electron chi connectivity index (χ2n) is 14.6. The van der Waals surface area contributed by atoms with Crippen LogP contribution >= 0.6 is 0 Å². The topological polar surface area (TPSA) is 56.7 Å². The van der Waals surface area contributed by atoms with Crippen molar-refractivity contribution in [1.29, 1.82) is 0 Å². The first kappa shape index (κ1) is 33.1. The lowest BCUT2D eigenvalue weighted by Crippen LogP contribution is -2.55. The molecule has 0 bridgehead atoms. The first-order valence-electron chi connectivity index (χ1n) is 18.8. The molecule has 0 saturated heterocycles. The van der Waals surface area contributed by atoms with Crippen LogP contribution in [0.3, 0.4) is 0 Å². The predicted molar refractivity (Wildman–Crippen MR) is 244 cm³/mol. The number of para-hydroxylation sites is 2. The van der Waals surface area contributed by atoms with Gasteiger partial charge in [0.1, 0.15) is 44.8 Å². The smallest absolute Gasteiger partial charge is 0.164 e. The molecule has 10 rings (SSSR count). The van der Waals surface area contributed by atoms with Crippen molar-refractivity contribution in [1.82, 2.24) is 19.5 Å². The number of benzene rings is 7. The third-order valence-electron chi connectivity index (χ3n) is 11.6. The molecule has 5 nitrogen and oxygen atoms in total. The molecular weight excluding hydrogens is 667 g/mol. The average molecular weight is 700 g/mol. The third-order valence-corrected chi connectivity index (χ3v) is 11.6. The van der Waals surface area contributed by atoms with Crippen molar-refractivity contribution in [2.75, 3.05) is 0 Å². The van der Waals surface area contributed by atoms with Gasteiger partial charge < -0.3 is 8.98 Å². The van der Waals surface area contributed by atoms with Crippen LogP contribution < -0.4 is 27.3 Å². The van der Waals surface area contributed by atoms with Gasteiger partial charge in [-0.2, -0.15) is 0 Å². The molecule has 3 aromatic heterocycles. The molecule has 3 heterocycles. The van der Waals surface area contributed by atoms with Crippen molar-refractivity contribution in [3.05, 3.63) is 140 Å². The first-order valence-corrected chi connectivity index (χ1v) is 18.8. The molecular formula is C45H33B5N4O. The lowest BCUT2D eigenvalue weighted by atomic mass is 9.59. The average Bonchev–Trinajstić information content (AvgIpc) is 3.79. The summed E-state index contributed by atoms with van der Waals surface area (Å²) >= 11 is 0. The zero-order valence-electron chi connectivity index (χ0n) is 31.5. The Balaban J connectivity index is 1.18. The molecule has 0 aliphatic carbocycles. The maximum Gasteiger partial charge on any atom is 0.164 e. The van der Waals surface area contributed by atoms with Gasteiger partial charge in [-0.3, -0.25) is 0 Å². The van der Waals surface area contributed by atoms with E-state index >= 15 is 0 Å². The van der Waals surface area contributed by atoms with E-state index in [1.807, 2.05) is 72.8 Å². The highest BCUT2D eigenvalue weighted by molar-refractivity contribution is 6.69. The molecule has 0 spiro atoms. The van der Waals surface area contributed by atoms with Crippen molar-refractivity contribution in [3.8, 4) is 51.0 Å². The second-order valence-corrected chi connectivity index (χ2v) is 14.6. The number of rotatable bonds is 5. The molecule has 0 unspecified atom stereocenters. The Kier molecular flexibility index (Phi) is 7.70. The van der Waals surface area contributed by atoms with E-state index in [4.69, 9.17) is 19.4 Å². The summed E-state index contributed by atoms with van der Waals surface area (Å²) < 4.78 is 9.18. The summed E-state index contributed by atoms with van der Waals surface area (Å²) in [6.07, 6.45) is 0. The molecule has 0 N–H and O–H groups in total. The Morgan fingerprint density at radius 3 is 1.65 bits per heavy atom. The van der Waals surface area contributed by atoms with Gasteiger partial charge in [0.25, 0.3) is 0 Å². The standard InChI is InChI=1S/C45H33B5N4O/c46-37-36(38(47)40(49)41(50)39(37)48)29-17-10-19-32-35(29)28-15-7-8-18-31(28)54(32)33-20-9-16-27-30-23-26(21-22-34(30)55-42(27)33)45-52-43(24-11-3-1-4-12-24)51-44(53-45)25-13-5-2-6-14-25/h1-23H,46-50H2. The molecule has 0 radical (unpaired) electrons. The number of furan rings is 1. The van der Waals surface area contributed by atoms with Gasteiger partial charge in [-0.05, 0) is 47.5 Å². The molecule has 7 aromatic carbocycles. The number of nitrogens with zero attached hydrogens (tertiary/aromatic N) is 4. The fraction of sp³-hybridized carbons (Fsp3) is 0. The summed E-state index contributed by atoms with van der Waals surface area (Å²) in [7, 11) is 11.3. The van der Waals surface area contributed by atoms with Crippen LogP contribution in [0.1, 0.15) is 0 Å². The number of fused-ring (bicyclic) bond motifs is 6. The number of aromatic nitrogens is 4. The lowest BCUT2D eigenvalue weighted by Gasteiger charge is -2.21. The maximum absolute atomic E-state index is 6.81. The van der Waals surface area contributed by atoms with E-state index in [1.165, 1.54) is 49.2 Å². The van der Waals surface area contributed by atoms with Crippen molar-refractivity contribution >= 4 is 110 Å². The monoisotopic (exact) mass is 700 g/mol. The van der Waals surface area contributed by atoms with E-state index < -0.39 is 0 Å². The van der Waals surface area contributed by atoms with Crippen LogP contribution in [-0.2, 0) is 0 Å². The van der Waals surface area contributed by atoms with Gasteiger partial charge in [0.2, 0.25) is 0 Å². The highest BCUT2D eigenvalue weighted by atomic mass is 16.3. The normalized spacial score (nSPS) is 11.6. The zero-order chi connectivity index (χ0) is 37.4. The summed E-state index contributed by atoms with van der Waals surface area (Å²) in [6, 6.07) is 48.3. The fourth-order valence-electron chi connectivity index (χ4n) is 8.43. The second kappa shape index (κ2) is 12.8. The minimum atomic E-state index is 0.613. The number of hydrogen-bond donors (Lipinski definition) is 0. The van der Waals surface area contributed by atoms with E-state index in [9.17, 15) is 0 Å². The largest absolute Gasteiger partial charge is 0.454 e. The molecule has 10 aromatic rings. The third kappa shape index (κ3) is 5.19. The van der Waals surface area contributed by atoms with E-state index in [0.717, 1.165) is 55.3 Å². The van der Waals surface area contributed by atoms with Crippen LogP contribution in [0.2, 0.25) is 0 Å². The highest BCUT2D eigenvalue weighted by Gasteiger charge is 2.22. The van der Waals surface area contributed by atoms with Crippen LogP contribution in [0, 0.1) is 0 Å². The van der Waals surface area contributed by atoms with Gasteiger partial charge >= 0.3 is 0 Å². The molecule has 0 atom stereocenters. The Bertz CT molecular complexity index is 3070. The van der Waals surface area contributed by atoms with Crippen molar-refractivity contribution in [2.24, 2.45) is 0 Å². The highest BCUT2D eigenvalue weighted by Crippen LogP contribution is 2.41. The molecule has 0 aliphatic heterocycles. The van der Waals surface area contributed by atoms with Gasteiger partial charge in [-0.1, -0.05) is 114 Å². The Morgan fingerprint density at radius 2 is 0.982 bits per heavy atom. The molecule has 0 aliphatic rings. The molecule has 0 saturated carbocycles. The first-order chi connectivity index (χ1) is 26.9. The molecule has 0 amide bonds. The van der Waals surface area contributed by atoms with Crippen molar-refractivity contribution in [3.63, 3.8) is 0 Å². The summed E-state index contributed by atoms with van der Waals surface area (Å²) in [5.74, 6) is 1.88. The summed E-state index contributed by atoms with van der Waals surface area (Å²) in [4.78, 5) is 14.9. The van der Waals surface area contributed by atoms with E-state index in [2.05, 4.69) is 111 Å². The quantitative estimate of drug-likeness (QED) is 0.260. The van der Waals surface area contributed by atoms with E-state index in [-0.39, 0.29) is 0 Å². The maximum atomic E-state index is 6.81.